The van der Waals surface area contributed by atoms with E-state index in [9.17, 15) is 4.79 Å². The second-order valence-corrected chi connectivity index (χ2v) is 4.52. The highest BCUT2D eigenvalue weighted by molar-refractivity contribution is 6.43. The number of fused-ring (bicyclic) bond motifs is 1. The molecule has 1 aromatic carbocycles. The molecule has 0 amide bonds. The SMILES string of the molecule is CCn1c(Cl)c(C=O)c2cc(Cl)c(Cl)cc21. The second-order valence-electron chi connectivity index (χ2n) is 3.35. The van der Waals surface area contributed by atoms with Crippen LogP contribution >= 0.6 is 34.8 Å². The summed E-state index contributed by atoms with van der Waals surface area (Å²) in [5.41, 5.74) is 1.28. The van der Waals surface area contributed by atoms with Crippen LogP contribution in [0.15, 0.2) is 12.1 Å². The van der Waals surface area contributed by atoms with Gasteiger partial charge in [-0.3, -0.25) is 4.79 Å². The number of hydrogen-bond acceptors (Lipinski definition) is 1. The smallest absolute Gasteiger partial charge is 0.153 e. The Balaban J connectivity index is 2.94. The summed E-state index contributed by atoms with van der Waals surface area (Å²) in [6.07, 6.45) is 0.737. The molecular weight excluding hydrogens is 268 g/mol. The molecule has 2 nitrogen and oxygen atoms in total. The number of carbonyl (C=O) groups excluding carboxylic acids is 1. The van der Waals surface area contributed by atoms with Gasteiger partial charge in [-0.15, -0.1) is 0 Å². The molecule has 84 valence electrons. The van der Waals surface area contributed by atoms with E-state index in [0.717, 1.165) is 17.2 Å². The number of aryl methyl sites for hydroxylation is 1. The van der Waals surface area contributed by atoms with Crippen LogP contribution in [0, 0.1) is 0 Å². The summed E-state index contributed by atoms with van der Waals surface area (Å²) in [6, 6.07) is 3.39. The summed E-state index contributed by atoms with van der Waals surface area (Å²) in [5, 5.41) is 2.03. The highest BCUT2D eigenvalue weighted by atomic mass is 35.5. The average molecular weight is 277 g/mol. The van der Waals surface area contributed by atoms with Crippen molar-refractivity contribution in [1.29, 1.82) is 0 Å². The van der Waals surface area contributed by atoms with Crippen molar-refractivity contribution in [3.63, 3.8) is 0 Å². The van der Waals surface area contributed by atoms with Gasteiger partial charge in [-0.2, -0.15) is 0 Å². The molecule has 0 aliphatic carbocycles. The maximum absolute atomic E-state index is 11.0. The summed E-state index contributed by atoms with van der Waals surface area (Å²) in [5.74, 6) is 0. The first-order chi connectivity index (χ1) is 7.60. The van der Waals surface area contributed by atoms with Gasteiger partial charge in [-0.1, -0.05) is 34.8 Å². The molecule has 0 spiro atoms. The predicted octanol–water partition coefficient (Wildman–Crippen LogP) is 4.43. The van der Waals surface area contributed by atoms with Gasteiger partial charge in [-0.05, 0) is 19.1 Å². The topological polar surface area (TPSA) is 22.0 Å². The number of hydrogen-bond donors (Lipinski definition) is 0. The van der Waals surface area contributed by atoms with E-state index in [-0.39, 0.29) is 0 Å². The van der Waals surface area contributed by atoms with E-state index < -0.39 is 0 Å². The van der Waals surface area contributed by atoms with Crippen molar-refractivity contribution in [1.82, 2.24) is 4.57 Å². The molecule has 0 aliphatic rings. The average Bonchev–Trinajstić information content (AvgIpc) is 2.50. The molecular formula is C11H8Cl3NO. The number of benzene rings is 1. The largest absolute Gasteiger partial charge is 0.331 e. The summed E-state index contributed by atoms with van der Waals surface area (Å²) in [7, 11) is 0. The first kappa shape index (κ1) is 11.8. The van der Waals surface area contributed by atoms with Crippen LogP contribution in [0.5, 0.6) is 0 Å². The lowest BCUT2D eigenvalue weighted by Gasteiger charge is -2.03. The first-order valence-corrected chi connectivity index (χ1v) is 5.85. The summed E-state index contributed by atoms with van der Waals surface area (Å²) >= 11 is 18.0. The molecule has 0 N–H and O–H groups in total. The van der Waals surface area contributed by atoms with E-state index in [4.69, 9.17) is 34.8 Å². The van der Waals surface area contributed by atoms with Crippen molar-refractivity contribution in [3.8, 4) is 0 Å². The van der Waals surface area contributed by atoms with Crippen molar-refractivity contribution in [3.05, 3.63) is 32.9 Å². The monoisotopic (exact) mass is 275 g/mol. The number of rotatable bonds is 2. The van der Waals surface area contributed by atoms with Crippen molar-refractivity contribution < 1.29 is 4.79 Å². The Morgan fingerprint density at radius 1 is 1.25 bits per heavy atom. The van der Waals surface area contributed by atoms with E-state index >= 15 is 0 Å². The number of nitrogens with zero attached hydrogens (tertiary/aromatic N) is 1. The Kier molecular flexibility index (Phi) is 3.15. The third kappa shape index (κ3) is 1.61. The first-order valence-electron chi connectivity index (χ1n) is 4.72. The van der Waals surface area contributed by atoms with Crippen LogP contribution in [-0.4, -0.2) is 10.9 Å². The normalized spacial score (nSPS) is 11.0. The number of carbonyl (C=O) groups is 1. The lowest BCUT2D eigenvalue weighted by Crippen LogP contribution is -1.93. The van der Waals surface area contributed by atoms with E-state index in [1.807, 2.05) is 11.5 Å². The van der Waals surface area contributed by atoms with E-state index in [0.29, 0.717) is 27.3 Å². The zero-order valence-corrected chi connectivity index (χ0v) is 10.7. The molecule has 0 unspecified atom stereocenters. The number of halogens is 3. The van der Waals surface area contributed by atoms with Gasteiger partial charge in [0, 0.05) is 11.9 Å². The minimum atomic E-state index is 0.419. The third-order valence-electron chi connectivity index (χ3n) is 2.51. The van der Waals surface area contributed by atoms with Crippen molar-refractivity contribution in [2.24, 2.45) is 0 Å². The maximum Gasteiger partial charge on any atom is 0.153 e. The zero-order chi connectivity index (χ0) is 11.9. The Hall–Kier alpha value is -0.700. The van der Waals surface area contributed by atoms with Gasteiger partial charge in [-0.25, -0.2) is 0 Å². The lowest BCUT2D eigenvalue weighted by molar-refractivity contribution is 0.112. The standard InChI is InChI=1S/C11H8Cl3NO/c1-2-15-10-4-9(13)8(12)3-6(10)7(5-16)11(15)14/h3-5H,2H2,1H3. The van der Waals surface area contributed by atoms with Crippen LogP contribution in [0.2, 0.25) is 15.2 Å². The molecule has 0 aliphatic heterocycles. The number of aromatic nitrogens is 1. The van der Waals surface area contributed by atoms with Gasteiger partial charge in [0.2, 0.25) is 0 Å². The minimum absolute atomic E-state index is 0.419. The fourth-order valence-corrected chi connectivity index (χ4v) is 2.44. The van der Waals surface area contributed by atoms with Gasteiger partial charge in [0.05, 0.1) is 21.1 Å². The Morgan fingerprint density at radius 2 is 1.88 bits per heavy atom. The molecule has 16 heavy (non-hydrogen) atoms. The highest BCUT2D eigenvalue weighted by Gasteiger charge is 2.15. The van der Waals surface area contributed by atoms with E-state index in [1.54, 1.807) is 12.1 Å². The van der Waals surface area contributed by atoms with Gasteiger partial charge >= 0.3 is 0 Å². The lowest BCUT2D eigenvalue weighted by atomic mass is 10.2. The van der Waals surface area contributed by atoms with Crippen LogP contribution in [-0.2, 0) is 6.54 Å². The Labute approximate surface area is 108 Å². The molecule has 2 rings (SSSR count). The van der Waals surface area contributed by atoms with Gasteiger partial charge < -0.3 is 4.57 Å². The molecule has 0 saturated carbocycles. The molecule has 0 bridgehead atoms. The summed E-state index contributed by atoms with van der Waals surface area (Å²) in [6.45, 7) is 2.61. The van der Waals surface area contributed by atoms with Gasteiger partial charge in [0.15, 0.2) is 6.29 Å². The fraction of sp³-hybridized carbons (Fsp3) is 0.182. The third-order valence-corrected chi connectivity index (χ3v) is 3.64. The zero-order valence-electron chi connectivity index (χ0n) is 8.43. The van der Waals surface area contributed by atoms with E-state index in [2.05, 4.69) is 0 Å². The quantitative estimate of drug-likeness (QED) is 0.744. The predicted molar refractivity (Wildman–Crippen MR) is 68.0 cm³/mol. The van der Waals surface area contributed by atoms with Crippen molar-refractivity contribution in [2.75, 3.05) is 0 Å². The molecule has 1 aromatic heterocycles. The van der Waals surface area contributed by atoms with Crippen molar-refractivity contribution in [2.45, 2.75) is 13.5 Å². The highest BCUT2D eigenvalue weighted by Crippen LogP contribution is 2.34. The maximum atomic E-state index is 11.0. The summed E-state index contributed by atoms with van der Waals surface area (Å²) < 4.78 is 1.82. The molecule has 5 heteroatoms. The van der Waals surface area contributed by atoms with Gasteiger partial charge in [0.1, 0.15) is 5.15 Å². The molecule has 2 aromatic rings. The molecule has 0 saturated heterocycles. The van der Waals surface area contributed by atoms with Crippen LogP contribution in [0.4, 0.5) is 0 Å². The molecule has 1 heterocycles. The van der Waals surface area contributed by atoms with Crippen LogP contribution in [0.3, 0.4) is 0 Å². The fourth-order valence-electron chi connectivity index (χ4n) is 1.76. The molecule has 0 atom stereocenters. The minimum Gasteiger partial charge on any atom is -0.331 e. The Bertz CT molecular complexity index is 574. The molecule has 0 radical (unpaired) electrons. The van der Waals surface area contributed by atoms with Crippen LogP contribution < -0.4 is 0 Å². The summed E-state index contributed by atoms with van der Waals surface area (Å²) in [4.78, 5) is 11.0. The van der Waals surface area contributed by atoms with Crippen LogP contribution in [0.25, 0.3) is 10.9 Å². The van der Waals surface area contributed by atoms with Gasteiger partial charge in [0.25, 0.3) is 0 Å². The van der Waals surface area contributed by atoms with Crippen LogP contribution in [0.1, 0.15) is 17.3 Å². The second kappa shape index (κ2) is 4.28. The Morgan fingerprint density at radius 3 is 2.44 bits per heavy atom. The van der Waals surface area contributed by atoms with Crippen molar-refractivity contribution >= 4 is 52.0 Å². The molecule has 0 fully saturated rings. The number of aldehydes is 1. The van der Waals surface area contributed by atoms with E-state index in [1.165, 1.54) is 0 Å².